The van der Waals surface area contributed by atoms with Gasteiger partial charge in [0.05, 0.1) is 11.5 Å². The summed E-state index contributed by atoms with van der Waals surface area (Å²) in [5.74, 6) is -0.454. The van der Waals surface area contributed by atoms with Gasteiger partial charge in [0, 0.05) is 24.2 Å². The van der Waals surface area contributed by atoms with Gasteiger partial charge in [-0.1, -0.05) is 42.5 Å². The van der Waals surface area contributed by atoms with Gasteiger partial charge in [-0.15, -0.1) is 0 Å². The Balaban J connectivity index is 1.34. The van der Waals surface area contributed by atoms with Crippen molar-refractivity contribution in [2.75, 3.05) is 6.67 Å². The molecule has 36 heavy (non-hydrogen) atoms. The molecule has 1 saturated heterocycles. The lowest BCUT2D eigenvalue weighted by atomic mass is 9.69. The number of nitrogens with zero attached hydrogens (tertiary/aromatic N) is 4. The third kappa shape index (κ3) is 4.48. The summed E-state index contributed by atoms with van der Waals surface area (Å²) in [6, 6.07) is 16.8. The molecule has 7 nitrogen and oxygen atoms in total. The first kappa shape index (κ1) is 24.7. The number of hydrogen-bond acceptors (Lipinski definition) is 6. The molecule has 2 aromatic carbocycles. The number of hydrazone groups is 1. The second kappa shape index (κ2) is 9.83. The Labute approximate surface area is 212 Å². The highest BCUT2D eigenvalue weighted by Crippen LogP contribution is 2.42. The number of sulfonamides is 1. The van der Waals surface area contributed by atoms with E-state index in [1.54, 1.807) is 12.4 Å². The van der Waals surface area contributed by atoms with Gasteiger partial charge >= 0.3 is 0 Å². The summed E-state index contributed by atoms with van der Waals surface area (Å²) in [7, 11) is -3.65. The monoisotopic (exact) mass is 509 g/mol. The van der Waals surface area contributed by atoms with E-state index in [2.05, 4.69) is 21.5 Å². The summed E-state index contributed by atoms with van der Waals surface area (Å²) >= 11 is 0. The molecular weight excluding hydrogens is 477 g/mol. The minimum absolute atomic E-state index is 0.0120. The summed E-state index contributed by atoms with van der Waals surface area (Å²) < 4.78 is 43.9. The molecular formula is C27H32FN5O2S. The van der Waals surface area contributed by atoms with Crippen LogP contribution in [0.3, 0.4) is 0 Å². The van der Waals surface area contributed by atoms with Crippen molar-refractivity contribution in [2.45, 2.75) is 74.7 Å². The van der Waals surface area contributed by atoms with E-state index in [-0.39, 0.29) is 12.6 Å². The highest BCUT2D eigenvalue weighted by molar-refractivity contribution is 7.89. The largest absolute Gasteiger partial charge is 0.339 e. The number of benzene rings is 2. The van der Waals surface area contributed by atoms with Gasteiger partial charge in [0.15, 0.2) is 0 Å². The molecule has 0 amide bonds. The molecule has 2 fully saturated rings. The zero-order valence-electron chi connectivity index (χ0n) is 20.5. The molecule has 0 radical (unpaired) electrons. The fourth-order valence-electron chi connectivity index (χ4n) is 5.89. The SMILES string of the molecule is C[C@H]1CC[C@H](c2ccccc2)S(=O)(=O)N1Cc1ccc(C2(C#N)CCC(N3C=NNC3)CC2)cc1F. The number of halogens is 1. The molecule has 2 heterocycles. The summed E-state index contributed by atoms with van der Waals surface area (Å²) in [4.78, 5) is 2.15. The van der Waals surface area contributed by atoms with Crippen LogP contribution in [-0.4, -0.2) is 42.7 Å². The molecule has 1 aliphatic carbocycles. The van der Waals surface area contributed by atoms with Gasteiger partial charge < -0.3 is 4.90 Å². The molecule has 5 rings (SSSR count). The van der Waals surface area contributed by atoms with E-state index in [1.807, 2.05) is 43.3 Å². The van der Waals surface area contributed by atoms with Crippen LogP contribution in [0.25, 0.3) is 0 Å². The Kier molecular flexibility index (Phi) is 6.75. The smallest absolute Gasteiger partial charge is 0.221 e. The third-order valence-electron chi connectivity index (χ3n) is 8.17. The fraction of sp³-hybridized carbons (Fsp3) is 0.481. The maximum absolute atomic E-state index is 15.4. The van der Waals surface area contributed by atoms with Crippen molar-refractivity contribution in [3.8, 4) is 6.07 Å². The zero-order chi connectivity index (χ0) is 25.3. The van der Waals surface area contributed by atoms with E-state index in [0.29, 0.717) is 49.5 Å². The maximum Gasteiger partial charge on any atom is 0.221 e. The molecule has 190 valence electrons. The second-order valence-electron chi connectivity index (χ2n) is 10.2. The molecule has 2 aliphatic heterocycles. The summed E-state index contributed by atoms with van der Waals surface area (Å²) in [5, 5.41) is 13.5. The van der Waals surface area contributed by atoms with Crippen molar-refractivity contribution in [3.05, 3.63) is 71.0 Å². The quantitative estimate of drug-likeness (QED) is 0.646. The summed E-state index contributed by atoms with van der Waals surface area (Å²) in [6.07, 6.45) is 6.02. The lowest BCUT2D eigenvalue weighted by molar-refractivity contribution is 0.214. The van der Waals surface area contributed by atoms with Crippen LogP contribution in [0.15, 0.2) is 53.6 Å². The second-order valence-corrected chi connectivity index (χ2v) is 12.3. The van der Waals surface area contributed by atoms with E-state index in [1.165, 1.54) is 10.4 Å². The van der Waals surface area contributed by atoms with Crippen molar-refractivity contribution in [1.29, 1.82) is 5.26 Å². The predicted molar refractivity (Wildman–Crippen MR) is 137 cm³/mol. The molecule has 0 spiro atoms. The van der Waals surface area contributed by atoms with Gasteiger partial charge in [-0.25, -0.2) is 12.8 Å². The molecule has 0 bridgehead atoms. The standard InChI is InChI=1S/C27H32FN5O2S/c1-20-7-10-26(21-5-3-2-4-6-21)36(34,35)33(20)16-22-8-9-23(15-25(22)28)27(17-29)13-11-24(12-14-27)32-18-30-31-19-32/h2-6,8-9,15,18,20,24,26,31H,7,10-14,16,19H2,1H3/t20-,24?,26+,27?/m0/s1. The normalized spacial score (nSPS) is 30.0. The first-order chi connectivity index (χ1) is 17.3. The van der Waals surface area contributed by atoms with Crippen LogP contribution in [-0.2, 0) is 22.0 Å². The zero-order valence-corrected chi connectivity index (χ0v) is 21.3. The molecule has 0 aromatic heterocycles. The maximum atomic E-state index is 15.4. The van der Waals surface area contributed by atoms with Gasteiger partial charge in [0.2, 0.25) is 10.0 Å². The Bertz CT molecular complexity index is 1270. The number of nitriles is 1. The van der Waals surface area contributed by atoms with Crippen molar-refractivity contribution < 1.29 is 12.8 Å². The highest BCUT2D eigenvalue weighted by Gasteiger charge is 2.42. The van der Waals surface area contributed by atoms with Crippen LogP contribution in [0.1, 0.15) is 67.4 Å². The minimum atomic E-state index is -3.65. The molecule has 9 heteroatoms. The Morgan fingerprint density at radius 1 is 1.14 bits per heavy atom. The predicted octanol–water partition coefficient (Wildman–Crippen LogP) is 4.39. The molecule has 3 aliphatic rings. The lowest BCUT2D eigenvalue weighted by Crippen LogP contribution is -2.45. The minimum Gasteiger partial charge on any atom is -0.339 e. The fourth-order valence-corrected chi connectivity index (χ4v) is 8.07. The van der Waals surface area contributed by atoms with Crippen molar-refractivity contribution in [1.82, 2.24) is 14.6 Å². The van der Waals surface area contributed by atoms with E-state index in [4.69, 9.17) is 0 Å². The first-order valence-electron chi connectivity index (χ1n) is 12.6. The summed E-state index contributed by atoms with van der Waals surface area (Å²) in [5.41, 5.74) is 3.99. The Morgan fingerprint density at radius 3 is 2.53 bits per heavy atom. The highest BCUT2D eigenvalue weighted by atomic mass is 32.2. The Morgan fingerprint density at radius 2 is 1.89 bits per heavy atom. The van der Waals surface area contributed by atoms with Crippen LogP contribution in [0.5, 0.6) is 0 Å². The number of rotatable bonds is 5. The van der Waals surface area contributed by atoms with Crippen LogP contribution >= 0.6 is 0 Å². The summed E-state index contributed by atoms with van der Waals surface area (Å²) in [6.45, 7) is 2.55. The van der Waals surface area contributed by atoms with Crippen LogP contribution < -0.4 is 5.43 Å². The van der Waals surface area contributed by atoms with Crippen LogP contribution in [0.4, 0.5) is 4.39 Å². The molecule has 1 saturated carbocycles. The van der Waals surface area contributed by atoms with Gasteiger partial charge in [-0.3, -0.25) is 5.43 Å². The lowest BCUT2D eigenvalue weighted by Gasteiger charge is -2.39. The first-order valence-corrected chi connectivity index (χ1v) is 14.1. The Hall–Kier alpha value is -2.96. The van der Waals surface area contributed by atoms with Gasteiger partial charge in [-0.05, 0) is 62.6 Å². The molecule has 0 unspecified atom stereocenters. The van der Waals surface area contributed by atoms with Crippen molar-refractivity contribution in [2.24, 2.45) is 5.10 Å². The van der Waals surface area contributed by atoms with E-state index in [9.17, 15) is 13.7 Å². The molecule has 1 N–H and O–H groups in total. The van der Waals surface area contributed by atoms with Crippen LogP contribution in [0.2, 0.25) is 0 Å². The third-order valence-corrected chi connectivity index (χ3v) is 10.5. The van der Waals surface area contributed by atoms with E-state index >= 15 is 4.39 Å². The molecule has 2 aromatic rings. The van der Waals surface area contributed by atoms with Gasteiger partial charge in [-0.2, -0.15) is 14.7 Å². The number of nitrogens with one attached hydrogen (secondary N) is 1. The molecule has 2 atom stereocenters. The number of hydrogen-bond donors (Lipinski definition) is 1. The van der Waals surface area contributed by atoms with E-state index < -0.39 is 26.5 Å². The van der Waals surface area contributed by atoms with Gasteiger partial charge in [0.1, 0.15) is 24.1 Å². The van der Waals surface area contributed by atoms with Crippen molar-refractivity contribution in [3.63, 3.8) is 0 Å². The average Bonchev–Trinajstić information content (AvgIpc) is 3.43. The van der Waals surface area contributed by atoms with Crippen LogP contribution in [0, 0.1) is 17.1 Å². The van der Waals surface area contributed by atoms with E-state index in [0.717, 1.165) is 18.4 Å². The van der Waals surface area contributed by atoms with Crippen molar-refractivity contribution >= 4 is 16.4 Å². The van der Waals surface area contributed by atoms with Gasteiger partial charge in [0.25, 0.3) is 0 Å². The average molecular weight is 510 g/mol. The topological polar surface area (TPSA) is 88.8 Å².